The summed E-state index contributed by atoms with van der Waals surface area (Å²) in [7, 11) is 0. The standard InChI is InChI=1S/C20H25N5O/c1-12-6-8-14(9-7-12)23-19-18-13(11-22-20(18)26)10-17(25-19)24-16-5-3-2-4-15(16)21/h6-10,15-16H,2-5,11,21H2,1H3,(H,22,26)(H2,23,24,25)/t15-,16+/m0/s1. The van der Waals surface area contributed by atoms with E-state index in [1.165, 1.54) is 18.4 Å². The molecule has 1 saturated carbocycles. The van der Waals surface area contributed by atoms with E-state index in [4.69, 9.17) is 10.7 Å². The van der Waals surface area contributed by atoms with E-state index in [1.54, 1.807) is 0 Å². The monoisotopic (exact) mass is 351 g/mol. The van der Waals surface area contributed by atoms with Crippen LogP contribution in [0.3, 0.4) is 0 Å². The van der Waals surface area contributed by atoms with Gasteiger partial charge in [-0.2, -0.15) is 0 Å². The fourth-order valence-electron chi connectivity index (χ4n) is 3.72. The Bertz CT molecular complexity index is 818. The van der Waals surface area contributed by atoms with Gasteiger partial charge in [0.15, 0.2) is 0 Å². The highest BCUT2D eigenvalue weighted by Gasteiger charge is 2.27. The molecule has 4 rings (SSSR count). The number of fused-ring (bicyclic) bond motifs is 1. The van der Waals surface area contributed by atoms with Crippen molar-refractivity contribution in [1.29, 1.82) is 0 Å². The van der Waals surface area contributed by atoms with Crippen LogP contribution >= 0.6 is 0 Å². The van der Waals surface area contributed by atoms with Crippen LogP contribution in [0.2, 0.25) is 0 Å². The Hall–Kier alpha value is -2.60. The second-order valence-corrected chi connectivity index (χ2v) is 7.26. The van der Waals surface area contributed by atoms with Gasteiger partial charge in [-0.1, -0.05) is 30.5 Å². The number of rotatable bonds is 4. The molecule has 2 aliphatic rings. The van der Waals surface area contributed by atoms with Gasteiger partial charge in [0.05, 0.1) is 5.56 Å². The molecule has 1 amide bonds. The Kier molecular flexibility index (Phi) is 4.51. The Morgan fingerprint density at radius 3 is 2.73 bits per heavy atom. The van der Waals surface area contributed by atoms with Crippen molar-refractivity contribution in [3.05, 3.63) is 47.0 Å². The molecule has 26 heavy (non-hydrogen) atoms. The molecule has 0 radical (unpaired) electrons. The molecule has 1 aliphatic carbocycles. The van der Waals surface area contributed by atoms with Crippen LogP contribution in [0, 0.1) is 6.92 Å². The zero-order valence-corrected chi connectivity index (χ0v) is 15.0. The average Bonchev–Trinajstić information content (AvgIpc) is 3.00. The van der Waals surface area contributed by atoms with Crippen molar-refractivity contribution < 1.29 is 4.79 Å². The van der Waals surface area contributed by atoms with E-state index in [-0.39, 0.29) is 18.0 Å². The molecule has 1 fully saturated rings. The SMILES string of the molecule is Cc1ccc(Nc2nc(N[C@@H]3CCCC[C@@H]3N)cc3c2C(=O)NC3)cc1. The number of nitrogens with two attached hydrogens (primary N) is 1. The minimum atomic E-state index is -0.0805. The minimum Gasteiger partial charge on any atom is -0.366 e. The summed E-state index contributed by atoms with van der Waals surface area (Å²) in [6.45, 7) is 2.58. The van der Waals surface area contributed by atoms with Gasteiger partial charge < -0.3 is 21.7 Å². The first-order valence-electron chi connectivity index (χ1n) is 9.28. The minimum absolute atomic E-state index is 0.0805. The number of pyridine rings is 1. The van der Waals surface area contributed by atoms with Crippen molar-refractivity contribution in [3.63, 3.8) is 0 Å². The number of aryl methyl sites for hydroxylation is 1. The van der Waals surface area contributed by atoms with Crippen LogP contribution in [0.1, 0.15) is 47.2 Å². The normalized spacial score (nSPS) is 21.8. The smallest absolute Gasteiger partial charge is 0.255 e. The van der Waals surface area contributed by atoms with Gasteiger partial charge in [-0.3, -0.25) is 4.79 Å². The molecule has 1 aliphatic heterocycles. The van der Waals surface area contributed by atoms with Crippen molar-refractivity contribution >= 4 is 23.2 Å². The molecule has 5 N–H and O–H groups in total. The number of carbonyl (C=O) groups excluding carboxylic acids is 1. The number of nitrogens with zero attached hydrogens (tertiary/aromatic N) is 1. The van der Waals surface area contributed by atoms with Gasteiger partial charge in [-0.15, -0.1) is 0 Å². The van der Waals surface area contributed by atoms with Crippen LogP contribution in [0.25, 0.3) is 0 Å². The summed E-state index contributed by atoms with van der Waals surface area (Å²) in [6, 6.07) is 10.4. The molecule has 0 bridgehead atoms. The van der Waals surface area contributed by atoms with E-state index < -0.39 is 0 Å². The molecule has 0 unspecified atom stereocenters. The zero-order valence-electron chi connectivity index (χ0n) is 15.0. The van der Waals surface area contributed by atoms with Crippen molar-refractivity contribution in [2.75, 3.05) is 10.6 Å². The van der Waals surface area contributed by atoms with E-state index in [1.807, 2.05) is 37.3 Å². The van der Waals surface area contributed by atoms with Crippen molar-refractivity contribution in [2.45, 2.75) is 51.2 Å². The third kappa shape index (κ3) is 3.37. The van der Waals surface area contributed by atoms with Crippen LogP contribution in [-0.4, -0.2) is 23.0 Å². The first kappa shape index (κ1) is 16.8. The van der Waals surface area contributed by atoms with Crippen molar-refractivity contribution in [2.24, 2.45) is 5.73 Å². The van der Waals surface area contributed by atoms with Crippen LogP contribution in [0.5, 0.6) is 0 Å². The number of nitrogens with one attached hydrogen (secondary N) is 3. The van der Waals surface area contributed by atoms with Gasteiger partial charge in [0.25, 0.3) is 5.91 Å². The molecule has 6 heteroatoms. The van der Waals surface area contributed by atoms with Gasteiger partial charge in [-0.25, -0.2) is 4.98 Å². The second kappa shape index (κ2) is 6.96. The van der Waals surface area contributed by atoms with Crippen LogP contribution in [0.15, 0.2) is 30.3 Å². The largest absolute Gasteiger partial charge is 0.366 e. The molecule has 2 atom stereocenters. The fourth-order valence-corrected chi connectivity index (χ4v) is 3.72. The summed E-state index contributed by atoms with van der Waals surface area (Å²) in [4.78, 5) is 17.0. The third-order valence-electron chi connectivity index (χ3n) is 5.23. The van der Waals surface area contributed by atoms with Crippen molar-refractivity contribution in [3.8, 4) is 0 Å². The summed E-state index contributed by atoms with van der Waals surface area (Å²) < 4.78 is 0. The fraction of sp³-hybridized carbons (Fsp3) is 0.400. The Morgan fingerprint density at radius 1 is 1.19 bits per heavy atom. The van der Waals surface area contributed by atoms with Gasteiger partial charge >= 0.3 is 0 Å². The quantitative estimate of drug-likeness (QED) is 0.679. The Morgan fingerprint density at radius 2 is 1.96 bits per heavy atom. The average molecular weight is 351 g/mol. The number of anilines is 3. The molecule has 0 saturated heterocycles. The molecule has 1 aromatic carbocycles. The molecule has 1 aromatic heterocycles. The highest BCUT2D eigenvalue weighted by Crippen LogP contribution is 2.29. The Balaban J connectivity index is 1.64. The van der Waals surface area contributed by atoms with Crippen molar-refractivity contribution in [1.82, 2.24) is 10.3 Å². The lowest BCUT2D eigenvalue weighted by Crippen LogP contribution is -2.42. The molecule has 0 spiro atoms. The number of hydrogen-bond acceptors (Lipinski definition) is 5. The molecular weight excluding hydrogens is 326 g/mol. The van der Waals surface area contributed by atoms with E-state index in [2.05, 4.69) is 16.0 Å². The molecule has 136 valence electrons. The summed E-state index contributed by atoms with van der Waals surface area (Å²) in [5.41, 5.74) is 9.96. The van der Waals surface area contributed by atoms with Crippen LogP contribution in [0.4, 0.5) is 17.3 Å². The van der Waals surface area contributed by atoms with E-state index in [0.717, 1.165) is 29.9 Å². The van der Waals surface area contributed by atoms with Gasteiger partial charge in [0, 0.05) is 24.3 Å². The number of hydrogen-bond donors (Lipinski definition) is 4. The molecule has 6 nitrogen and oxygen atoms in total. The number of aromatic nitrogens is 1. The zero-order chi connectivity index (χ0) is 18.1. The summed E-state index contributed by atoms with van der Waals surface area (Å²) >= 11 is 0. The summed E-state index contributed by atoms with van der Waals surface area (Å²) in [6.07, 6.45) is 4.47. The number of benzene rings is 1. The van der Waals surface area contributed by atoms with Crippen LogP contribution < -0.4 is 21.7 Å². The predicted octanol–water partition coefficient (Wildman–Crippen LogP) is 3.06. The van der Waals surface area contributed by atoms with E-state index in [9.17, 15) is 4.79 Å². The maximum absolute atomic E-state index is 12.3. The molecule has 2 aromatic rings. The second-order valence-electron chi connectivity index (χ2n) is 7.26. The van der Waals surface area contributed by atoms with E-state index >= 15 is 0 Å². The lowest BCUT2D eigenvalue weighted by atomic mass is 9.91. The maximum Gasteiger partial charge on any atom is 0.255 e. The van der Waals surface area contributed by atoms with Gasteiger partial charge in [0.2, 0.25) is 0 Å². The maximum atomic E-state index is 12.3. The predicted molar refractivity (Wildman–Crippen MR) is 104 cm³/mol. The summed E-state index contributed by atoms with van der Waals surface area (Å²) in [5.74, 6) is 1.29. The lowest BCUT2D eigenvalue weighted by molar-refractivity contribution is 0.0966. The third-order valence-corrected chi connectivity index (χ3v) is 5.23. The first-order valence-corrected chi connectivity index (χ1v) is 9.28. The highest BCUT2D eigenvalue weighted by molar-refractivity contribution is 6.03. The summed E-state index contributed by atoms with van der Waals surface area (Å²) in [5, 5.41) is 9.69. The van der Waals surface area contributed by atoms with Crippen LogP contribution in [-0.2, 0) is 6.54 Å². The highest BCUT2D eigenvalue weighted by atomic mass is 16.1. The first-order chi connectivity index (χ1) is 12.6. The number of amides is 1. The molecular formula is C20H25N5O. The topological polar surface area (TPSA) is 92.1 Å². The van der Waals surface area contributed by atoms with Gasteiger partial charge in [0.1, 0.15) is 11.6 Å². The number of carbonyl (C=O) groups is 1. The molecule has 2 heterocycles. The lowest BCUT2D eigenvalue weighted by Gasteiger charge is -2.30. The van der Waals surface area contributed by atoms with Gasteiger partial charge in [-0.05, 0) is 43.5 Å². The Labute approximate surface area is 153 Å². The van der Waals surface area contributed by atoms with E-state index in [0.29, 0.717) is 17.9 Å².